The average molecular weight is 271 g/mol. The van der Waals surface area contributed by atoms with E-state index < -0.39 is 6.10 Å². The fourth-order valence-electron chi connectivity index (χ4n) is 1.84. The largest absolute Gasteiger partial charge is 0.508 e. The van der Waals surface area contributed by atoms with Gasteiger partial charge in [0.25, 0.3) is 5.91 Å². The second-order valence-electron chi connectivity index (χ2n) is 4.75. The highest BCUT2D eigenvalue weighted by molar-refractivity contribution is 6.04. The first-order valence-electron chi connectivity index (χ1n) is 6.36. The van der Waals surface area contributed by atoms with E-state index in [1.807, 2.05) is 0 Å². The first-order chi connectivity index (χ1) is 9.47. The van der Waals surface area contributed by atoms with Crippen molar-refractivity contribution in [2.75, 3.05) is 5.32 Å². The quantitative estimate of drug-likeness (QED) is 0.803. The smallest absolute Gasteiger partial charge is 0.255 e. The third-order valence-corrected chi connectivity index (χ3v) is 3.11. The van der Waals surface area contributed by atoms with Crippen molar-refractivity contribution in [3.8, 4) is 5.75 Å². The van der Waals surface area contributed by atoms with Gasteiger partial charge in [0.2, 0.25) is 0 Å². The molecule has 3 N–H and O–H groups in total. The number of amides is 1. The molecule has 0 fully saturated rings. The Kier molecular flexibility index (Phi) is 4.05. The Morgan fingerprint density at radius 1 is 1.15 bits per heavy atom. The van der Waals surface area contributed by atoms with Crippen LogP contribution in [0.3, 0.4) is 0 Å². The zero-order valence-electron chi connectivity index (χ0n) is 11.4. The molecular formula is C16H17NO3. The van der Waals surface area contributed by atoms with Gasteiger partial charge in [0.05, 0.1) is 6.10 Å². The van der Waals surface area contributed by atoms with Gasteiger partial charge in [-0.15, -0.1) is 0 Å². The number of aromatic hydroxyl groups is 1. The van der Waals surface area contributed by atoms with Gasteiger partial charge < -0.3 is 15.5 Å². The van der Waals surface area contributed by atoms with Crippen LogP contribution >= 0.6 is 0 Å². The molecular weight excluding hydrogens is 254 g/mol. The molecule has 0 saturated heterocycles. The summed E-state index contributed by atoms with van der Waals surface area (Å²) >= 11 is 0. The molecule has 0 spiro atoms. The molecule has 1 atom stereocenters. The molecule has 0 bridgehead atoms. The van der Waals surface area contributed by atoms with Crippen LogP contribution in [-0.2, 0) is 0 Å². The van der Waals surface area contributed by atoms with Crippen molar-refractivity contribution in [2.45, 2.75) is 20.0 Å². The van der Waals surface area contributed by atoms with Crippen LogP contribution in [0.25, 0.3) is 0 Å². The lowest BCUT2D eigenvalue weighted by molar-refractivity contribution is 0.102. The third-order valence-electron chi connectivity index (χ3n) is 3.11. The number of nitrogens with one attached hydrogen (secondary N) is 1. The van der Waals surface area contributed by atoms with Crippen LogP contribution in [0.15, 0.2) is 42.5 Å². The minimum atomic E-state index is -0.528. The second-order valence-corrected chi connectivity index (χ2v) is 4.75. The average Bonchev–Trinajstić information content (AvgIpc) is 2.42. The molecule has 0 aliphatic rings. The normalized spacial score (nSPS) is 11.9. The van der Waals surface area contributed by atoms with Crippen molar-refractivity contribution < 1.29 is 15.0 Å². The molecule has 104 valence electrons. The SMILES string of the molecule is Cc1cc(C(=O)Nc2ccc(C(C)O)cc2)ccc1O. The Bertz CT molecular complexity index is 618. The van der Waals surface area contributed by atoms with E-state index >= 15 is 0 Å². The summed E-state index contributed by atoms with van der Waals surface area (Å²) in [6.45, 7) is 3.43. The number of benzene rings is 2. The van der Waals surface area contributed by atoms with Crippen molar-refractivity contribution in [2.24, 2.45) is 0 Å². The number of aryl methyl sites for hydroxylation is 1. The number of hydrogen-bond donors (Lipinski definition) is 3. The van der Waals surface area contributed by atoms with Crippen LogP contribution in [0.2, 0.25) is 0 Å². The first-order valence-corrected chi connectivity index (χ1v) is 6.36. The maximum atomic E-state index is 12.1. The van der Waals surface area contributed by atoms with Crippen LogP contribution in [0, 0.1) is 6.92 Å². The molecule has 0 aliphatic heterocycles. The van der Waals surface area contributed by atoms with E-state index in [1.165, 1.54) is 6.07 Å². The number of phenolic OH excluding ortho intramolecular Hbond substituents is 1. The van der Waals surface area contributed by atoms with Crippen LogP contribution in [0.4, 0.5) is 5.69 Å². The summed E-state index contributed by atoms with van der Waals surface area (Å²) in [7, 11) is 0. The van der Waals surface area contributed by atoms with Crippen LogP contribution in [0.5, 0.6) is 5.75 Å². The van der Waals surface area contributed by atoms with Gasteiger partial charge >= 0.3 is 0 Å². The van der Waals surface area contributed by atoms with E-state index in [0.29, 0.717) is 16.8 Å². The van der Waals surface area contributed by atoms with Gasteiger partial charge in [-0.3, -0.25) is 4.79 Å². The fraction of sp³-hybridized carbons (Fsp3) is 0.188. The van der Waals surface area contributed by atoms with E-state index in [2.05, 4.69) is 5.32 Å². The van der Waals surface area contributed by atoms with Gasteiger partial charge in [-0.2, -0.15) is 0 Å². The molecule has 0 saturated carbocycles. The lowest BCUT2D eigenvalue weighted by Gasteiger charge is -2.09. The molecule has 4 nitrogen and oxygen atoms in total. The minimum Gasteiger partial charge on any atom is -0.508 e. The van der Waals surface area contributed by atoms with Crippen LogP contribution in [0.1, 0.15) is 34.5 Å². The summed E-state index contributed by atoms with van der Waals surface area (Å²) in [4.78, 5) is 12.1. The number of hydrogen-bond acceptors (Lipinski definition) is 3. The minimum absolute atomic E-state index is 0.169. The monoisotopic (exact) mass is 271 g/mol. The number of carbonyl (C=O) groups excluding carboxylic acids is 1. The predicted octanol–water partition coefficient (Wildman–Crippen LogP) is 3.01. The summed E-state index contributed by atoms with van der Waals surface area (Å²) in [6, 6.07) is 11.7. The second kappa shape index (κ2) is 5.75. The maximum absolute atomic E-state index is 12.1. The molecule has 1 unspecified atom stereocenters. The molecule has 0 aliphatic carbocycles. The Labute approximate surface area is 117 Å². The number of aliphatic hydroxyl groups excluding tert-OH is 1. The van der Waals surface area contributed by atoms with Crippen LogP contribution < -0.4 is 5.32 Å². The molecule has 4 heteroatoms. The molecule has 0 aromatic heterocycles. The molecule has 2 rings (SSSR count). The van der Waals surface area contributed by atoms with Gasteiger partial charge in [0.15, 0.2) is 0 Å². The summed E-state index contributed by atoms with van der Waals surface area (Å²) in [6.07, 6.45) is -0.528. The topological polar surface area (TPSA) is 69.6 Å². The van der Waals surface area contributed by atoms with E-state index in [4.69, 9.17) is 0 Å². The Morgan fingerprint density at radius 2 is 1.80 bits per heavy atom. The van der Waals surface area contributed by atoms with Gasteiger partial charge in [-0.25, -0.2) is 0 Å². The molecule has 0 radical (unpaired) electrons. The molecule has 0 heterocycles. The van der Waals surface area contributed by atoms with Crippen molar-refractivity contribution >= 4 is 11.6 Å². The van der Waals surface area contributed by atoms with Crippen molar-refractivity contribution in [3.63, 3.8) is 0 Å². The van der Waals surface area contributed by atoms with Crippen molar-refractivity contribution in [3.05, 3.63) is 59.2 Å². The lowest BCUT2D eigenvalue weighted by atomic mass is 10.1. The van der Waals surface area contributed by atoms with Gasteiger partial charge in [0, 0.05) is 11.3 Å². The zero-order chi connectivity index (χ0) is 14.7. The Morgan fingerprint density at radius 3 is 2.35 bits per heavy atom. The fourth-order valence-corrected chi connectivity index (χ4v) is 1.84. The third kappa shape index (κ3) is 3.16. The highest BCUT2D eigenvalue weighted by atomic mass is 16.3. The number of anilines is 1. The highest BCUT2D eigenvalue weighted by Gasteiger charge is 2.08. The van der Waals surface area contributed by atoms with E-state index in [1.54, 1.807) is 50.2 Å². The summed E-state index contributed by atoms with van der Waals surface area (Å²) in [5.74, 6) is -0.0688. The standard InChI is InChI=1S/C16H17NO3/c1-10-9-13(5-8-15(10)19)16(20)17-14-6-3-12(4-7-14)11(2)18/h3-9,11,18-19H,1-2H3,(H,17,20). The zero-order valence-corrected chi connectivity index (χ0v) is 11.4. The maximum Gasteiger partial charge on any atom is 0.255 e. The molecule has 2 aromatic carbocycles. The number of aliphatic hydroxyl groups is 1. The highest BCUT2D eigenvalue weighted by Crippen LogP contribution is 2.19. The van der Waals surface area contributed by atoms with Gasteiger partial charge in [-0.1, -0.05) is 12.1 Å². The van der Waals surface area contributed by atoms with Crippen LogP contribution in [-0.4, -0.2) is 16.1 Å². The van der Waals surface area contributed by atoms with Gasteiger partial charge in [0.1, 0.15) is 5.75 Å². The Balaban J connectivity index is 2.12. The molecule has 20 heavy (non-hydrogen) atoms. The first kappa shape index (κ1) is 14.1. The summed E-state index contributed by atoms with van der Waals surface area (Å²) in [5, 5.41) is 21.6. The number of rotatable bonds is 3. The van der Waals surface area contributed by atoms with E-state index in [0.717, 1.165) is 5.56 Å². The lowest BCUT2D eigenvalue weighted by Crippen LogP contribution is -2.12. The van der Waals surface area contributed by atoms with Crippen molar-refractivity contribution in [1.82, 2.24) is 0 Å². The van der Waals surface area contributed by atoms with E-state index in [9.17, 15) is 15.0 Å². The summed E-state index contributed by atoms with van der Waals surface area (Å²) < 4.78 is 0. The Hall–Kier alpha value is -2.33. The number of carbonyl (C=O) groups is 1. The van der Waals surface area contributed by atoms with Crippen molar-refractivity contribution in [1.29, 1.82) is 0 Å². The predicted molar refractivity (Wildman–Crippen MR) is 77.9 cm³/mol. The molecule has 1 amide bonds. The molecule has 2 aromatic rings. The number of phenols is 1. The summed E-state index contributed by atoms with van der Waals surface area (Å²) in [5.41, 5.74) is 2.59. The van der Waals surface area contributed by atoms with E-state index in [-0.39, 0.29) is 11.7 Å². The van der Waals surface area contributed by atoms with Gasteiger partial charge in [-0.05, 0) is 55.3 Å².